The fourth-order valence-corrected chi connectivity index (χ4v) is 2.71. The van der Waals surface area contributed by atoms with E-state index < -0.39 is 5.97 Å². The van der Waals surface area contributed by atoms with E-state index in [0.29, 0.717) is 18.4 Å². The molecule has 6 nitrogen and oxygen atoms in total. The van der Waals surface area contributed by atoms with Crippen LogP contribution in [-0.2, 0) is 11.8 Å². The minimum atomic E-state index is -0.772. The van der Waals surface area contributed by atoms with Gasteiger partial charge in [0.2, 0.25) is 0 Å². The Kier molecular flexibility index (Phi) is 4.11. The molecule has 0 aliphatic heterocycles. The Bertz CT molecular complexity index is 522. The molecule has 2 atom stereocenters. The van der Waals surface area contributed by atoms with Gasteiger partial charge in [-0.25, -0.2) is 0 Å². The van der Waals surface area contributed by atoms with E-state index in [0.717, 1.165) is 12.1 Å². The molecule has 0 bridgehead atoms. The number of hydrogen-bond donors (Lipinski definition) is 2. The van der Waals surface area contributed by atoms with Gasteiger partial charge in [0.05, 0.1) is 17.2 Å². The lowest BCUT2D eigenvalue weighted by atomic mass is 10.1. The van der Waals surface area contributed by atoms with Crippen molar-refractivity contribution in [1.82, 2.24) is 15.1 Å². The maximum atomic E-state index is 12.3. The zero-order valence-corrected chi connectivity index (χ0v) is 12.1. The summed E-state index contributed by atoms with van der Waals surface area (Å²) in [5, 5.41) is 16.2. The van der Waals surface area contributed by atoms with Gasteiger partial charge in [0.25, 0.3) is 5.91 Å². The van der Waals surface area contributed by atoms with Crippen molar-refractivity contribution in [2.45, 2.75) is 45.1 Å². The van der Waals surface area contributed by atoms with Crippen LogP contribution in [0.3, 0.4) is 0 Å². The van der Waals surface area contributed by atoms with Crippen molar-refractivity contribution in [2.24, 2.45) is 13.0 Å². The number of carboxylic acids is 1. The van der Waals surface area contributed by atoms with Crippen molar-refractivity contribution in [3.8, 4) is 0 Å². The van der Waals surface area contributed by atoms with Crippen molar-refractivity contribution in [3.63, 3.8) is 0 Å². The molecule has 0 saturated heterocycles. The van der Waals surface area contributed by atoms with Crippen molar-refractivity contribution in [1.29, 1.82) is 0 Å². The standard InChI is InChI=1S/C14H21N3O3/c1-8(2)12-11(7-17(3)16-12)13(18)15-10-5-4-9(6-10)14(19)20/h7-10H,4-6H2,1-3H3,(H,15,18)(H,19,20)/t9-,10+/m1/s1. The minimum absolute atomic E-state index is 0.0520. The first kappa shape index (κ1) is 14.6. The molecule has 1 fully saturated rings. The molecule has 0 spiro atoms. The molecule has 2 rings (SSSR count). The fourth-order valence-electron chi connectivity index (χ4n) is 2.71. The third-order valence-corrected chi connectivity index (χ3v) is 3.77. The summed E-state index contributed by atoms with van der Waals surface area (Å²) in [7, 11) is 1.79. The molecule has 1 saturated carbocycles. The summed E-state index contributed by atoms with van der Waals surface area (Å²) in [6, 6.07) is -0.0520. The molecule has 1 aliphatic carbocycles. The van der Waals surface area contributed by atoms with Crippen LogP contribution in [-0.4, -0.2) is 32.8 Å². The van der Waals surface area contributed by atoms with Gasteiger partial charge >= 0.3 is 5.97 Å². The van der Waals surface area contributed by atoms with E-state index in [1.807, 2.05) is 13.8 Å². The van der Waals surface area contributed by atoms with E-state index in [9.17, 15) is 9.59 Å². The second kappa shape index (κ2) is 5.64. The highest BCUT2D eigenvalue weighted by Gasteiger charge is 2.31. The third-order valence-electron chi connectivity index (χ3n) is 3.77. The van der Waals surface area contributed by atoms with Crippen molar-refractivity contribution < 1.29 is 14.7 Å². The van der Waals surface area contributed by atoms with Crippen LogP contribution in [0.25, 0.3) is 0 Å². The highest BCUT2D eigenvalue weighted by Crippen LogP contribution is 2.26. The van der Waals surface area contributed by atoms with E-state index in [-0.39, 0.29) is 23.8 Å². The Balaban J connectivity index is 2.04. The lowest BCUT2D eigenvalue weighted by molar-refractivity contribution is -0.141. The molecule has 1 aromatic heterocycles. The summed E-state index contributed by atoms with van der Waals surface area (Å²) in [5.41, 5.74) is 1.36. The number of aliphatic carboxylic acids is 1. The van der Waals surface area contributed by atoms with Gasteiger partial charge in [-0.15, -0.1) is 0 Å². The fraction of sp³-hybridized carbons (Fsp3) is 0.643. The number of carbonyl (C=O) groups is 2. The summed E-state index contributed by atoms with van der Waals surface area (Å²) < 4.78 is 1.64. The van der Waals surface area contributed by atoms with Crippen LogP contribution in [0.4, 0.5) is 0 Å². The lowest BCUT2D eigenvalue weighted by Crippen LogP contribution is -2.33. The monoisotopic (exact) mass is 279 g/mol. The summed E-state index contributed by atoms with van der Waals surface area (Å²) in [5.74, 6) is -1.09. The van der Waals surface area contributed by atoms with Crippen LogP contribution >= 0.6 is 0 Å². The third kappa shape index (κ3) is 3.00. The zero-order valence-electron chi connectivity index (χ0n) is 12.1. The van der Waals surface area contributed by atoms with Crippen molar-refractivity contribution in [2.75, 3.05) is 0 Å². The van der Waals surface area contributed by atoms with Gasteiger partial charge in [0, 0.05) is 19.3 Å². The topological polar surface area (TPSA) is 84.2 Å². The van der Waals surface area contributed by atoms with E-state index in [2.05, 4.69) is 10.4 Å². The van der Waals surface area contributed by atoms with Crippen LogP contribution in [0.5, 0.6) is 0 Å². The highest BCUT2D eigenvalue weighted by atomic mass is 16.4. The number of rotatable bonds is 4. The van der Waals surface area contributed by atoms with Gasteiger partial charge in [0.15, 0.2) is 0 Å². The van der Waals surface area contributed by atoms with Crippen LogP contribution in [0, 0.1) is 5.92 Å². The van der Waals surface area contributed by atoms with Gasteiger partial charge in [-0.3, -0.25) is 14.3 Å². The molecule has 0 radical (unpaired) electrons. The smallest absolute Gasteiger partial charge is 0.306 e. The van der Waals surface area contributed by atoms with E-state index >= 15 is 0 Å². The Hall–Kier alpha value is -1.85. The quantitative estimate of drug-likeness (QED) is 0.875. The molecule has 1 amide bonds. The first-order valence-corrected chi connectivity index (χ1v) is 6.95. The van der Waals surface area contributed by atoms with E-state index in [1.54, 1.807) is 17.9 Å². The number of nitrogens with one attached hydrogen (secondary N) is 1. The second-order valence-corrected chi connectivity index (χ2v) is 5.77. The number of carbonyl (C=O) groups excluding carboxylic acids is 1. The molecule has 2 N–H and O–H groups in total. The average molecular weight is 279 g/mol. The van der Waals surface area contributed by atoms with Gasteiger partial charge < -0.3 is 10.4 Å². The van der Waals surface area contributed by atoms with Gasteiger partial charge in [-0.1, -0.05) is 13.8 Å². The van der Waals surface area contributed by atoms with E-state index in [1.165, 1.54) is 0 Å². The minimum Gasteiger partial charge on any atom is -0.481 e. The Labute approximate surface area is 118 Å². The molecule has 110 valence electrons. The second-order valence-electron chi connectivity index (χ2n) is 5.77. The van der Waals surface area contributed by atoms with Crippen LogP contribution in [0.15, 0.2) is 6.20 Å². The molecule has 1 aromatic rings. The van der Waals surface area contributed by atoms with Gasteiger partial charge in [0.1, 0.15) is 0 Å². The van der Waals surface area contributed by atoms with Crippen LogP contribution < -0.4 is 5.32 Å². The molecule has 0 aromatic carbocycles. The number of nitrogens with zero attached hydrogens (tertiary/aromatic N) is 2. The van der Waals surface area contributed by atoms with Crippen molar-refractivity contribution in [3.05, 3.63) is 17.5 Å². The molecular formula is C14H21N3O3. The molecular weight excluding hydrogens is 258 g/mol. The summed E-state index contributed by atoms with van der Waals surface area (Å²) in [4.78, 5) is 23.2. The SMILES string of the molecule is CC(C)c1nn(C)cc1C(=O)N[C@H]1CC[C@@H](C(=O)O)C1. The molecule has 20 heavy (non-hydrogen) atoms. The predicted molar refractivity (Wildman–Crippen MR) is 73.5 cm³/mol. The lowest BCUT2D eigenvalue weighted by Gasteiger charge is -2.13. The van der Waals surface area contributed by atoms with Crippen molar-refractivity contribution >= 4 is 11.9 Å². The normalized spacial score (nSPS) is 22.2. The molecule has 0 unspecified atom stereocenters. The summed E-state index contributed by atoms with van der Waals surface area (Å²) in [6.45, 7) is 3.99. The molecule has 1 aliphatic rings. The Morgan fingerprint density at radius 3 is 2.70 bits per heavy atom. The molecule has 6 heteroatoms. The predicted octanol–water partition coefficient (Wildman–Crippen LogP) is 1.53. The average Bonchev–Trinajstić information content (AvgIpc) is 2.95. The number of amides is 1. The maximum absolute atomic E-state index is 12.3. The number of hydrogen-bond acceptors (Lipinski definition) is 3. The summed E-state index contributed by atoms with van der Waals surface area (Å²) in [6.07, 6.45) is 3.58. The van der Waals surface area contributed by atoms with Crippen LogP contribution in [0.1, 0.15) is 55.1 Å². The van der Waals surface area contributed by atoms with Gasteiger partial charge in [-0.05, 0) is 25.2 Å². The first-order valence-electron chi connectivity index (χ1n) is 6.95. The highest BCUT2D eigenvalue weighted by molar-refractivity contribution is 5.95. The number of aromatic nitrogens is 2. The number of aryl methyl sites for hydroxylation is 1. The maximum Gasteiger partial charge on any atom is 0.306 e. The number of carboxylic acid groups (broad SMARTS) is 1. The van der Waals surface area contributed by atoms with E-state index in [4.69, 9.17) is 5.11 Å². The molecule has 1 heterocycles. The largest absolute Gasteiger partial charge is 0.481 e. The first-order chi connectivity index (χ1) is 9.38. The Morgan fingerprint density at radius 2 is 2.15 bits per heavy atom. The summed E-state index contributed by atoms with van der Waals surface area (Å²) >= 11 is 0. The van der Waals surface area contributed by atoms with Gasteiger partial charge in [-0.2, -0.15) is 5.10 Å². The van der Waals surface area contributed by atoms with Crippen LogP contribution in [0.2, 0.25) is 0 Å². The Morgan fingerprint density at radius 1 is 1.45 bits per heavy atom. The zero-order chi connectivity index (χ0) is 14.9.